The van der Waals surface area contributed by atoms with E-state index in [4.69, 9.17) is 4.99 Å². The summed E-state index contributed by atoms with van der Waals surface area (Å²) >= 11 is 0. The van der Waals surface area contributed by atoms with E-state index < -0.39 is 0 Å². The molecule has 0 aromatic carbocycles. The van der Waals surface area contributed by atoms with Gasteiger partial charge < -0.3 is 20.5 Å². The van der Waals surface area contributed by atoms with Gasteiger partial charge in [-0.1, -0.05) is 0 Å². The fourth-order valence-corrected chi connectivity index (χ4v) is 3.27. The number of nitrogens with one attached hydrogen (secondary N) is 3. The monoisotopic (exact) mass is 333 g/mol. The van der Waals surface area contributed by atoms with Crippen LogP contribution in [0.15, 0.2) is 4.99 Å². The lowest BCUT2D eigenvalue weighted by atomic mass is 9.99. The minimum atomic E-state index is 0.136. The fraction of sp³-hybridized carbons (Fsp3) is 0.750. The molecule has 3 heterocycles. The van der Waals surface area contributed by atoms with Gasteiger partial charge >= 0.3 is 0 Å². The zero-order valence-corrected chi connectivity index (χ0v) is 14.5. The number of fused-ring (bicyclic) bond motifs is 1. The summed E-state index contributed by atoms with van der Waals surface area (Å²) < 4.78 is 2.21. The van der Waals surface area contributed by atoms with Crippen LogP contribution in [0.4, 0.5) is 0 Å². The smallest absolute Gasteiger partial charge is 0.220 e. The maximum Gasteiger partial charge on any atom is 0.220 e. The number of carbonyl (C=O) groups is 1. The zero-order valence-electron chi connectivity index (χ0n) is 14.5. The molecule has 1 fully saturated rings. The van der Waals surface area contributed by atoms with Gasteiger partial charge in [-0.05, 0) is 32.6 Å². The van der Waals surface area contributed by atoms with Crippen LogP contribution in [0.2, 0.25) is 0 Å². The molecule has 132 valence electrons. The molecule has 2 unspecified atom stereocenters. The fourth-order valence-electron chi connectivity index (χ4n) is 3.27. The molecule has 3 N–H and O–H groups in total. The largest absolute Gasteiger partial charge is 0.357 e. The molecule has 1 aromatic rings. The Morgan fingerprint density at radius 2 is 2.25 bits per heavy atom. The molecule has 0 spiro atoms. The summed E-state index contributed by atoms with van der Waals surface area (Å²) in [5.74, 6) is 3.56. The maximum absolute atomic E-state index is 11.3. The van der Waals surface area contributed by atoms with Crippen LogP contribution in [-0.4, -0.2) is 52.3 Å². The number of nitrogens with zero attached hydrogens (tertiary/aromatic N) is 4. The second-order valence-corrected chi connectivity index (χ2v) is 6.58. The lowest BCUT2D eigenvalue weighted by Gasteiger charge is -2.26. The summed E-state index contributed by atoms with van der Waals surface area (Å²) in [7, 11) is 0. The Hall–Kier alpha value is -2.12. The quantitative estimate of drug-likeness (QED) is 0.532. The maximum atomic E-state index is 11.3. The SMILES string of the molecule is CCNC(=NCC1CCc2nnc(C)n2C1)NC1CCC(=O)NC1. The molecule has 2 aliphatic heterocycles. The summed E-state index contributed by atoms with van der Waals surface area (Å²) in [5.41, 5.74) is 0. The van der Waals surface area contributed by atoms with Gasteiger partial charge in [0.1, 0.15) is 11.6 Å². The highest BCUT2D eigenvalue weighted by Crippen LogP contribution is 2.20. The number of aliphatic imine (C=N–C) groups is 1. The van der Waals surface area contributed by atoms with Crippen molar-refractivity contribution in [2.24, 2.45) is 10.9 Å². The molecule has 24 heavy (non-hydrogen) atoms. The highest BCUT2D eigenvalue weighted by molar-refractivity contribution is 5.81. The molecule has 2 aliphatic rings. The normalized spacial score (nSPS) is 24.2. The Kier molecular flexibility index (Phi) is 5.32. The van der Waals surface area contributed by atoms with Crippen LogP contribution in [0.1, 0.15) is 37.8 Å². The number of hydrogen-bond donors (Lipinski definition) is 3. The van der Waals surface area contributed by atoms with Crippen LogP contribution in [-0.2, 0) is 17.8 Å². The molecule has 1 aromatic heterocycles. The first-order valence-corrected chi connectivity index (χ1v) is 8.86. The number of aryl methyl sites for hydroxylation is 2. The van der Waals surface area contributed by atoms with E-state index in [0.29, 0.717) is 18.9 Å². The van der Waals surface area contributed by atoms with Crippen LogP contribution in [0.25, 0.3) is 0 Å². The van der Waals surface area contributed by atoms with Crippen molar-refractivity contribution in [2.75, 3.05) is 19.6 Å². The van der Waals surface area contributed by atoms with E-state index in [9.17, 15) is 4.79 Å². The Balaban J connectivity index is 1.56. The van der Waals surface area contributed by atoms with E-state index in [2.05, 4.69) is 37.6 Å². The van der Waals surface area contributed by atoms with Gasteiger partial charge in [0, 0.05) is 45.1 Å². The molecule has 1 amide bonds. The summed E-state index contributed by atoms with van der Waals surface area (Å²) in [6.07, 6.45) is 3.50. The number of aromatic nitrogens is 3. The molecule has 1 saturated heterocycles. The third kappa shape index (κ3) is 4.04. The first-order chi connectivity index (χ1) is 11.7. The number of piperidine rings is 1. The zero-order chi connectivity index (χ0) is 16.9. The summed E-state index contributed by atoms with van der Waals surface area (Å²) in [6.45, 7) is 7.28. The third-order valence-electron chi connectivity index (χ3n) is 4.69. The van der Waals surface area contributed by atoms with E-state index in [1.54, 1.807) is 0 Å². The van der Waals surface area contributed by atoms with Gasteiger partial charge in [0.05, 0.1) is 0 Å². The Bertz CT molecular complexity index is 600. The van der Waals surface area contributed by atoms with Gasteiger partial charge in [0.2, 0.25) is 5.91 Å². The average Bonchev–Trinajstić information content (AvgIpc) is 2.96. The number of amides is 1. The Morgan fingerprint density at radius 3 is 3.00 bits per heavy atom. The van der Waals surface area contributed by atoms with Gasteiger partial charge in [0.15, 0.2) is 5.96 Å². The van der Waals surface area contributed by atoms with Crippen molar-refractivity contribution >= 4 is 11.9 Å². The lowest BCUT2D eigenvalue weighted by Crippen LogP contribution is -2.51. The topological polar surface area (TPSA) is 96.2 Å². The van der Waals surface area contributed by atoms with Gasteiger partial charge in [0.25, 0.3) is 0 Å². The van der Waals surface area contributed by atoms with Crippen molar-refractivity contribution in [1.29, 1.82) is 0 Å². The number of hydrogen-bond acceptors (Lipinski definition) is 4. The predicted molar refractivity (Wildman–Crippen MR) is 91.7 cm³/mol. The molecule has 2 atom stereocenters. The second kappa shape index (κ2) is 7.63. The molecule has 0 aliphatic carbocycles. The van der Waals surface area contributed by atoms with E-state index in [0.717, 1.165) is 56.5 Å². The van der Waals surface area contributed by atoms with Gasteiger partial charge in [-0.3, -0.25) is 9.79 Å². The third-order valence-corrected chi connectivity index (χ3v) is 4.69. The molecule has 8 heteroatoms. The minimum absolute atomic E-state index is 0.136. The summed E-state index contributed by atoms with van der Waals surface area (Å²) in [6, 6.07) is 0.249. The second-order valence-electron chi connectivity index (χ2n) is 6.58. The van der Waals surface area contributed by atoms with Crippen molar-refractivity contribution in [3.8, 4) is 0 Å². The predicted octanol–water partition coefficient (Wildman–Crippen LogP) is -0.0174. The number of guanidine groups is 1. The molecule has 3 rings (SSSR count). The van der Waals surface area contributed by atoms with Crippen molar-refractivity contribution in [3.05, 3.63) is 11.6 Å². The first kappa shape index (κ1) is 16.7. The molecule has 0 radical (unpaired) electrons. The van der Waals surface area contributed by atoms with Gasteiger partial charge in [-0.15, -0.1) is 10.2 Å². The van der Waals surface area contributed by atoms with Crippen molar-refractivity contribution < 1.29 is 4.79 Å². The Morgan fingerprint density at radius 1 is 1.38 bits per heavy atom. The molecular formula is C16H27N7O. The van der Waals surface area contributed by atoms with Crippen molar-refractivity contribution in [1.82, 2.24) is 30.7 Å². The highest BCUT2D eigenvalue weighted by Gasteiger charge is 2.22. The summed E-state index contributed by atoms with van der Waals surface area (Å²) in [5, 5.41) is 18.0. The van der Waals surface area contributed by atoms with Crippen molar-refractivity contribution in [3.63, 3.8) is 0 Å². The van der Waals surface area contributed by atoms with Gasteiger partial charge in [-0.25, -0.2) is 0 Å². The van der Waals surface area contributed by atoms with Crippen molar-refractivity contribution in [2.45, 2.75) is 52.1 Å². The van der Waals surface area contributed by atoms with Crippen LogP contribution < -0.4 is 16.0 Å². The minimum Gasteiger partial charge on any atom is -0.357 e. The van der Waals surface area contributed by atoms with Crippen LogP contribution in [0.5, 0.6) is 0 Å². The molecule has 0 saturated carbocycles. The van der Waals surface area contributed by atoms with E-state index >= 15 is 0 Å². The Labute approximate surface area is 142 Å². The standard InChI is InChI=1S/C16H27N7O/c1-3-17-16(20-13-5-7-15(24)18-9-13)19-8-12-4-6-14-22-21-11(2)23(14)10-12/h12-13H,3-10H2,1-2H3,(H,18,24)(H2,17,19,20). The van der Waals surface area contributed by atoms with E-state index in [-0.39, 0.29) is 11.9 Å². The lowest BCUT2D eigenvalue weighted by molar-refractivity contribution is -0.122. The van der Waals surface area contributed by atoms with E-state index in [1.165, 1.54) is 0 Å². The average molecular weight is 333 g/mol. The number of carbonyl (C=O) groups excluding carboxylic acids is 1. The highest BCUT2D eigenvalue weighted by atomic mass is 16.1. The van der Waals surface area contributed by atoms with Crippen LogP contribution in [0.3, 0.4) is 0 Å². The molecule has 0 bridgehead atoms. The van der Waals surface area contributed by atoms with Gasteiger partial charge in [-0.2, -0.15) is 0 Å². The summed E-state index contributed by atoms with van der Waals surface area (Å²) in [4.78, 5) is 16.0. The molecule has 8 nitrogen and oxygen atoms in total. The van der Waals surface area contributed by atoms with E-state index in [1.807, 2.05) is 6.92 Å². The number of rotatable bonds is 4. The van der Waals surface area contributed by atoms with Crippen LogP contribution >= 0.6 is 0 Å². The molecular weight excluding hydrogens is 306 g/mol. The van der Waals surface area contributed by atoms with Crippen LogP contribution in [0, 0.1) is 12.8 Å². The first-order valence-electron chi connectivity index (χ1n) is 8.86.